The number of fused-ring (bicyclic) bond motifs is 3. The van der Waals surface area contributed by atoms with E-state index in [0.717, 1.165) is 6.42 Å². The van der Waals surface area contributed by atoms with Gasteiger partial charge in [0.25, 0.3) is 0 Å². The normalized spacial score (nSPS) is 29.1. The molecule has 0 heterocycles. The molecule has 1 amide bonds. The Balaban J connectivity index is 1.50. The van der Waals surface area contributed by atoms with Crippen LogP contribution in [0.2, 0.25) is 0 Å². The maximum Gasteiger partial charge on any atom is 0.227 e. The lowest BCUT2D eigenvalue weighted by Gasteiger charge is -2.31. The van der Waals surface area contributed by atoms with Crippen molar-refractivity contribution in [3.8, 4) is 0 Å². The molecule has 2 aliphatic rings. The quantitative estimate of drug-likeness (QED) is 0.946. The molecule has 2 aliphatic carbocycles. The lowest BCUT2D eigenvalue weighted by molar-refractivity contribution is -0.137. The maximum atomic E-state index is 12.9. The van der Waals surface area contributed by atoms with Crippen LogP contribution in [0.5, 0.6) is 0 Å². The van der Waals surface area contributed by atoms with Gasteiger partial charge in [-0.1, -0.05) is 36.4 Å². The lowest BCUT2D eigenvalue weighted by atomic mass is 9.84. The minimum atomic E-state index is 0.0409. The SMILES string of the molecule is CN(Cc1ccc2ccccc2c1)C(=O)C1C2CCC(C2)C1N. The summed E-state index contributed by atoms with van der Waals surface area (Å²) in [7, 11) is 1.91. The van der Waals surface area contributed by atoms with Gasteiger partial charge < -0.3 is 10.6 Å². The fourth-order valence-electron chi connectivity index (χ4n) is 4.65. The third-order valence-corrected chi connectivity index (χ3v) is 5.88. The molecule has 4 rings (SSSR count). The van der Waals surface area contributed by atoms with Crippen LogP contribution >= 0.6 is 0 Å². The molecular weight excluding hydrogens is 284 g/mol. The summed E-state index contributed by atoms with van der Waals surface area (Å²) in [5, 5.41) is 2.46. The first kappa shape index (κ1) is 14.7. The predicted molar refractivity (Wildman–Crippen MR) is 92.7 cm³/mol. The van der Waals surface area contributed by atoms with E-state index < -0.39 is 0 Å². The van der Waals surface area contributed by atoms with Crippen LogP contribution < -0.4 is 5.73 Å². The Labute approximate surface area is 137 Å². The summed E-state index contributed by atoms with van der Waals surface area (Å²) < 4.78 is 0. The van der Waals surface area contributed by atoms with Gasteiger partial charge in [-0.05, 0) is 53.5 Å². The molecule has 2 aromatic carbocycles. The van der Waals surface area contributed by atoms with Crippen LogP contribution in [0, 0.1) is 17.8 Å². The lowest BCUT2D eigenvalue weighted by Crippen LogP contribution is -2.45. The van der Waals surface area contributed by atoms with Crippen LogP contribution in [0.15, 0.2) is 42.5 Å². The Morgan fingerprint density at radius 2 is 1.87 bits per heavy atom. The summed E-state index contributed by atoms with van der Waals surface area (Å²) in [5.41, 5.74) is 7.50. The third kappa shape index (κ3) is 2.53. The summed E-state index contributed by atoms with van der Waals surface area (Å²) in [5.74, 6) is 1.36. The van der Waals surface area contributed by atoms with E-state index in [1.54, 1.807) is 0 Å². The zero-order chi connectivity index (χ0) is 16.0. The molecule has 4 atom stereocenters. The van der Waals surface area contributed by atoms with Crippen molar-refractivity contribution in [3.63, 3.8) is 0 Å². The molecular formula is C20H24N2O. The number of hydrogen-bond acceptors (Lipinski definition) is 2. The highest BCUT2D eigenvalue weighted by atomic mass is 16.2. The van der Waals surface area contributed by atoms with Crippen molar-refractivity contribution in [2.24, 2.45) is 23.5 Å². The number of carbonyl (C=O) groups excluding carboxylic acids is 1. The zero-order valence-corrected chi connectivity index (χ0v) is 13.6. The van der Waals surface area contributed by atoms with E-state index in [9.17, 15) is 4.79 Å². The monoisotopic (exact) mass is 308 g/mol. The van der Waals surface area contributed by atoms with Crippen molar-refractivity contribution in [2.75, 3.05) is 7.05 Å². The van der Waals surface area contributed by atoms with Crippen molar-refractivity contribution in [1.82, 2.24) is 4.90 Å². The van der Waals surface area contributed by atoms with Crippen molar-refractivity contribution in [3.05, 3.63) is 48.0 Å². The highest BCUT2D eigenvalue weighted by molar-refractivity contribution is 5.83. The molecule has 120 valence electrons. The molecule has 0 radical (unpaired) electrons. The van der Waals surface area contributed by atoms with Crippen molar-refractivity contribution < 1.29 is 4.79 Å². The van der Waals surface area contributed by atoms with E-state index in [-0.39, 0.29) is 17.9 Å². The number of benzene rings is 2. The topological polar surface area (TPSA) is 46.3 Å². The Morgan fingerprint density at radius 1 is 1.13 bits per heavy atom. The van der Waals surface area contributed by atoms with E-state index in [0.29, 0.717) is 18.4 Å². The van der Waals surface area contributed by atoms with Crippen LogP contribution in [-0.4, -0.2) is 23.9 Å². The molecule has 2 aromatic rings. The Bertz CT molecular complexity index is 739. The number of nitrogens with zero attached hydrogens (tertiary/aromatic N) is 1. The first-order valence-corrected chi connectivity index (χ1v) is 8.62. The molecule has 2 bridgehead atoms. The molecule has 0 aromatic heterocycles. The second-order valence-electron chi connectivity index (χ2n) is 7.31. The first-order chi connectivity index (χ1) is 11.1. The highest BCUT2D eigenvalue weighted by Crippen LogP contribution is 2.48. The van der Waals surface area contributed by atoms with Gasteiger partial charge in [0.05, 0.1) is 5.92 Å². The molecule has 23 heavy (non-hydrogen) atoms. The number of nitrogens with two attached hydrogens (primary N) is 1. The molecule has 2 N–H and O–H groups in total. The van der Waals surface area contributed by atoms with Gasteiger partial charge in [-0.2, -0.15) is 0 Å². The fraction of sp³-hybridized carbons (Fsp3) is 0.450. The van der Waals surface area contributed by atoms with E-state index in [1.165, 1.54) is 29.2 Å². The average Bonchev–Trinajstić information content (AvgIpc) is 3.15. The van der Waals surface area contributed by atoms with E-state index >= 15 is 0 Å². The smallest absolute Gasteiger partial charge is 0.227 e. The van der Waals surface area contributed by atoms with Crippen LogP contribution in [0.3, 0.4) is 0 Å². The summed E-state index contributed by atoms with van der Waals surface area (Å²) in [4.78, 5) is 14.7. The van der Waals surface area contributed by atoms with Crippen molar-refractivity contribution in [2.45, 2.75) is 31.8 Å². The van der Waals surface area contributed by atoms with Gasteiger partial charge in [-0.25, -0.2) is 0 Å². The Morgan fingerprint density at radius 3 is 2.61 bits per heavy atom. The molecule has 4 unspecified atom stereocenters. The van der Waals surface area contributed by atoms with Gasteiger partial charge in [0.15, 0.2) is 0 Å². The molecule has 0 saturated heterocycles. The standard InChI is InChI=1S/C20H24N2O/c1-22(20(23)18-16-8-9-17(11-16)19(18)21)12-13-6-7-14-4-2-3-5-15(14)10-13/h2-7,10,16-19H,8-9,11-12,21H2,1H3. The summed E-state index contributed by atoms with van der Waals surface area (Å²) >= 11 is 0. The zero-order valence-electron chi connectivity index (χ0n) is 13.6. The molecule has 0 aliphatic heterocycles. The van der Waals surface area contributed by atoms with Gasteiger partial charge in [-0.3, -0.25) is 4.79 Å². The van der Waals surface area contributed by atoms with Gasteiger partial charge in [0, 0.05) is 19.6 Å². The molecule has 2 saturated carbocycles. The second-order valence-corrected chi connectivity index (χ2v) is 7.31. The molecule has 2 fully saturated rings. The van der Waals surface area contributed by atoms with Crippen LogP contribution in [0.4, 0.5) is 0 Å². The van der Waals surface area contributed by atoms with Gasteiger partial charge >= 0.3 is 0 Å². The Kier molecular flexibility index (Phi) is 3.61. The van der Waals surface area contributed by atoms with E-state index in [4.69, 9.17) is 5.73 Å². The number of rotatable bonds is 3. The van der Waals surface area contributed by atoms with Crippen LogP contribution in [0.25, 0.3) is 10.8 Å². The predicted octanol–water partition coefficient (Wildman–Crippen LogP) is 3.17. The first-order valence-electron chi connectivity index (χ1n) is 8.62. The van der Waals surface area contributed by atoms with Crippen LogP contribution in [0.1, 0.15) is 24.8 Å². The number of hydrogen-bond donors (Lipinski definition) is 1. The molecule has 3 heteroatoms. The summed E-state index contributed by atoms with van der Waals surface area (Å²) in [6, 6.07) is 14.8. The van der Waals surface area contributed by atoms with E-state index in [2.05, 4.69) is 36.4 Å². The maximum absolute atomic E-state index is 12.9. The third-order valence-electron chi connectivity index (χ3n) is 5.88. The summed E-state index contributed by atoms with van der Waals surface area (Å²) in [6.45, 7) is 0.657. The van der Waals surface area contributed by atoms with Crippen molar-refractivity contribution in [1.29, 1.82) is 0 Å². The summed E-state index contributed by atoms with van der Waals surface area (Å²) in [6.07, 6.45) is 3.55. The second kappa shape index (κ2) is 5.64. The fourth-order valence-corrected chi connectivity index (χ4v) is 4.65. The van der Waals surface area contributed by atoms with Crippen LogP contribution in [-0.2, 0) is 11.3 Å². The highest BCUT2D eigenvalue weighted by Gasteiger charge is 2.49. The average molecular weight is 308 g/mol. The Hall–Kier alpha value is -1.87. The van der Waals surface area contributed by atoms with Gasteiger partial charge in [0.2, 0.25) is 5.91 Å². The largest absolute Gasteiger partial charge is 0.341 e. The number of carbonyl (C=O) groups is 1. The molecule has 3 nitrogen and oxygen atoms in total. The van der Waals surface area contributed by atoms with Gasteiger partial charge in [0.1, 0.15) is 0 Å². The number of amides is 1. The van der Waals surface area contributed by atoms with Gasteiger partial charge in [-0.15, -0.1) is 0 Å². The van der Waals surface area contributed by atoms with Crippen molar-refractivity contribution >= 4 is 16.7 Å². The van der Waals surface area contributed by atoms with E-state index in [1.807, 2.05) is 18.0 Å². The minimum absolute atomic E-state index is 0.0409. The minimum Gasteiger partial charge on any atom is -0.341 e. The molecule has 0 spiro atoms.